The van der Waals surface area contributed by atoms with Crippen LogP contribution in [0.4, 0.5) is 11.6 Å². The Kier molecular flexibility index (Phi) is 14.8. The molecular weight excluding hydrogens is 1060 g/mol. The van der Waals surface area contributed by atoms with E-state index in [9.17, 15) is 14.4 Å². The highest BCUT2D eigenvalue weighted by atomic mass is 32.1. The molecule has 0 aromatic carbocycles. The third-order valence-electron chi connectivity index (χ3n) is 13.3. The average molecular weight is 1110 g/mol. The third-order valence-corrected chi connectivity index (χ3v) is 15.0. The second-order valence-electron chi connectivity index (χ2n) is 20.3. The highest BCUT2D eigenvalue weighted by molar-refractivity contribution is 7.13. The summed E-state index contributed by atoms with van der Waals surface area (Å²) in [6.45, 7) is 13.8. The molecule has 0 atom stereocenters. The number of aromatic carboxylic acids is 1. The molecule has 3 fully saturated rings. The molecule has 408 valence electrons. The van der Waals surface area contributed by atoms with Crippen LogP contribution in [0.3, 0.4) is 0 Å². The monoisotopic (exact) mass is 1110 g/mol. The molecule has 0 unspecified atom stereocenters. The SMILES string of the molecule is Cc1cnc(C(=O)Nc2csc(-c3nnnn3C(C)C)n2)cc1-c1cnn(C2CC2)c1.Cc1cnc(C(=O)Nc2csc(-c3nnnn3C(C)C)n2)cc1-c1cnn(C2CC2)c1.Cc1cnc(C(=O)O)cc1-c1cnn(C2CC2)c1. The van der Waals surface area contributed by atoms with E-state index >= 15 is 0 Å². The lowest BCUT2D eigenvalue weighted by atomic mass is 10.0. The van der Waals surface area contributed by atoms with E-state index in [-0.39, 0.29) is 29.6 Å². The maximum Gasteiger partial charge on any atom is 0.354 e. The van der Waals surface area contributed by atoms with Gasteiger partial charge in [-0.15, -0.1) is 32.9 Å². The smallest absolute Gasteiger partial charge is 0.354 e. The van der Waals surface area contributed by atoms with Crippen LogP contribution in [0.1, 0.15) is 145 Å². The molecule has 10 aromatic heterocycles. The zero-order chi connectivity index (χ0) is 55.8. The van der Waals surface area contributed by atoms with Crippen molar-refractivity contribution in [1.82, 2.24) is 94.7 Å². The molecular formula is C53H55N21O4S2. The highest BCUT2D eigenvalue weighted by Gasteiger charge is 2.28. The number of carbonyl (C=O) groups excluding carboxylic acids is 2. The van der Waals surface area contributed by atoms with Crippen molar-refractivity contribution in [3.8, 4) is 55.0 Å². The minimum atomic E-state index is -1.01. The first kappa shape index (κ1) is 52.9. The molecule has 13 rings (SSSR count). The van der Waals surface area contributed by atoms with Gasteiger partial charge in [0.1, 0.15) is 28.7 Å². The lowest BCUT2D eigenvalue weighted by Crippen LogP contribution is -2.14. The number of nitrogens with one attached hydrogen (secondary N) is 2. The van der Waals surface area contributed by atoms with E-state index in [1.165, 1.54) is 61.2 Å². The van der Waals surface area contributed by atoms with Gasteiger partial charge in [0.2, 0.25) is 11.6 Å². The number of aryl methyl sites for hydroxylation is 3. The number of rotatable bonds is 15. The molecule has 3 saturated carbocycles. The number of carbonyl (C=O) groups is 3. The van der Waals surface area contributed by atoms with Crippen molar-refractivity contribution in [1.29, 1.82) is 0 Å². The first-order valence-electron chi connectivity index (χ1n) is 26.0. The first-order valence-corrected chi connectivity index (χ1v) is 27.8. The number of tetrazole rings is 2. The zero-order valence-corrected chi connectivity index (χ0v) is 46.3. The van der Waals surface area contributed by atoms with Crippen LogP contribution in [0.5, 0.6) is 0 Å². The highest BCUT2D eigenvalue weighted by Crippen LogP contribution is 2.38. The minimum Gasteiger partial charge on any atom is -0.477 e. The number of amides is 2. The summed E-state index contributed by atoms with van der Waals surface area (Å²) in [5.74, 6) is 0.369. The van der Waals surface area contributed by atoms with Crippen molar-refractivity contribution in [2.45, 2.75) is 117 Å². The van der Waals surface area contributed by atoms with Gasteiger partial charge in [0.05, 0.1) is 48.8 Å². The second-order valence-corrected chi connectivity index (χ2v) is 22.1. The van der Waals surface area contributed by atoms with Crippen LogP contribution in [0.2, 0.25) is 0 Å². The standard InChI is InChI=1S/2C20H21N9OS.C13H13N3O2/c2*1-11(2)29-18(25-26-27-29)20-24-17(10-31-20)23-19(30)16-6-15(12(3)7-21-16)13-8-22-28(9-13)14-4-5-14;1-8-5-14-12(13(17)18)4-11(8)9-6-15-16(7-9)10-2-3-10/h2*6-11,14H,4-5H2,1-3H3,(H,23,30);4-7,10H,2-3H2,1H3,(H,17,18). The molecule has 80 heavy (non-hydrogen) atoms. The van der Waals surface area contributed by atoms with E-state index in [1.807, 2.05) is 93.5 Å². The topological polar surface area (TPSA) is 301 Å². The Morgan fingerprint density at radius 2 is 0.887 bits per heavy atom. The van der Waals surface area contributed by atoms with E-state index < -0.39 is 5.97 Å². The summed E-state index contributed by atoms with van der Waals surface area (Å²) < 4.78 is 9.34. The number of hydrogen-bond acceptors (Lipinski definition) is 19. The van der Waals surface area contributed by atoms with Gasteiger partial charge < -0.3 is 15.7 Å². The summed E-state index contributed by atoms with van der Waals surface area (Å²) in [4.78, 5) is 58.0. The molecule has 10 aromatic rings. The third kappa shape index (κ3) is 11.8. The molecule has 0 saturated heterocycles. The van der Waals surface area contributed by atoms with Crippen LogP contribution < -0.4 is 10.6 Å². The average Bonchev–Trinajstić information content (AvgIpc) is 4.21. The van der Waals surface area contributed by atoms with Crippen molar-refractivity contribution in [3.63, 3.8) is 0 Å². The Morgan fingerprint density at radius 3 is 1.23 bits per heavy atom. The number of nitrogens with zero attached hydrogens (tertiary/aromatic N) is 19. The van der Waals surface area contributed by atoms with Crippen LogP contribution in [0.25, 0.3) is 55.0 Å². The molecule has 0 spiro atoms. The molecule has 0 bridgehead atoms. The Morgan fingerprint density at radius 1 is 0.537 bits per heavy atom. The van der Waals surface area contributed by atoms with Crippen LogP contribution in [-0.2, 0) is 0 Å². The maximum absolute atomic E-state index is 12.8. The van der Waals surface area contributed by atoms with Crippen molar-refractivity contribution < 1.29 is 19.5 Å². The van der Waals surface area contributed by atoms with Crippen molar-refractivity contribution >= 4 is 52.1 Å². The predicted molar refractivity (Wildman–Crippen MR) is 297 cm³/mol. The predicted octanol–water partition coefficient (Wildman–Crippen LogP) is 9.35. The Balaban J connectivity index is 0.000000131. The number of anilines is 2. The van der Waals surface area contributed by atoms with E-state index in [0.717, 1.165) is 50.1 Å². The fraction of sp³-hybridized carbons (Fsp3) is 0.340. The van der Waals surface area contributed by atoms with Gasteiger partial charge in [-0.25, -0.2) is 29.1 Å². The van der Waals surface area contributed by atoms with Gasteiger partial charge in [-0.3, -0.25) is 33.6 Å². The molecule has 27 heteroatoms. The fourth-order valence-electron chi connectivity index (χ4n) is 8.51. The van der Waals surface area contributed by atoms with Crippen LogP contribution in [0, 0.1) is 20.8 Å². The van der Waals surface area contributed by atoms with Crippen molar-refractivity contribution in [2.75, 3.05) is 10.6 Å². The Bertz CT molecular complexity index is 3690. The normalized spacial score (nSPS) is 13.9. The van der Waals surface area contributed by atoms with Gasteiger partial charge in [0.25, 0.3) is 11.8 Å². The number of hydrogen-bond donors (Lipinski definition) is 3. The molecule has 3 aliphatic rings. The van der Waals surface area contributed by atoms with Gasteiger partial charge in [0.15, 0.2) is 10.0 Å². The minimum absolute atomic E-state index is 0.0646. The largest absolute Gasteiger partial charge is 0.477 e. The van der Waals surface area contributed by atoms with Gasteiger partial charge in [-0.05, 0) is 159 Å². The summed E-state index contributed by atoms with van der Waals surface area (Å²) in [6.07, 6.45) is 23.6. The number of thiazole rings is 2. The maximum atomic E-state index is 12.8. The fourth-order valence-corrected chi connectivity index (χ4v) is 9.96. The van der Waals surface area contributed by atoms with Crippen LogP contribution >= 0.6 is 22.7 Å². The number of carboxylic acid groups (broad SMARTS) is 1. The first-order chi connectivity index (χ1) is 38.6. The van der Waals surface area contributed by atoms with Crippen LogP contribution in [0.15, 0.2) is 84.7 Å². The molecule has 3 aliphatic carbocycles. The molecule has 2 amide bonds. The molecule has 0 aliphatic heterocycles. The lowest BCUT2D eigenvalue weighted by Gasteiger charge is -2.07. The summed E-state index contributed by atoms with van der Waals surface area (Å²) in [5.41, 5.74) is 9.33. The number of carboxylic acids is 1. The van der Waals surface area contributed by atoms with Gasteiger partial charge in [-0.2, -0.15) is 15.3 Å². The van der Waals surface area contributed by atoms with Crippen molar-refractivity contribution in [2.24, 2.45) is 0 Å². The molecule has 10 heterocycles. The van der Waals surface area contributed by atoms with Crippen molar-refractivity contribution in [3.05, 3.63) is 119 Å². The van der Waals surface area contributed by atoms with Gasteiger partial charge in [-0.1, -0.05) is 0 Å². The quantitative estimate of drug-likeness (QED) is 0.0860. The van der Waals surface area contributed by atoms with E-state index in [0.29, 0.717) is 62.8 Å². The summed E-state index contributed by atoms with van der Waals surface area (Å²) in [5, 5.41) is 56.2. The number of pyridine rings is 3. The Labute approximate surface area is 465 Å². The van der Waals surface area contributed by atoms with E-state index in [1.54, 1.807) is 63.1 Å². The Hall–Kier alpha value is -9.11. The summed E-state index contributed by atoms with van der Waals surface area (Å²) in [6, 6.07) is 6.95. The number of aromatic nitrogens is 19. The van der Waals surface area contributed by atoms with E-state index in [2.05, 4.69) is 81.9 Å². The van der Waals surface area contributed by atoms with Gasteiger partial charge in [0, 0.05) is 64.6 Å². The molecule has 3 N–H and O–H groups in total. The molecule has 25 nitrogen and oxygen atoms in total. The lowest BCUT2D eigenvalue weighted by molar-refractivity contribution is 0.0690. The molecule has 0 radical (unpaired) electrons. The van der Waals surface area contributed by atoms with E-state index in [4.69, 9.17) is 5.11 Å². The zero-order valence-electron chi connectivity index (χ0n) is 44.7. The van der Waals surface area contributed by atoms with Crippen LogP contribution in [-0.4, -0.2) is 118 Å². The van der Waals surface area contributed by atoms with Gasteiger partial charge >= 0.3 is 5.97 Å². The second kappa shape index (κ2) is 22.3. The summed E-state index contributed by atoms with van der Waals surface area (Å²) in [7, 11) is 0. The summed E-state index contributed by atoms with van der Waals surface area (Å²) >= 11 is 2.74.